The van der Waals surface area contributed by atoms with Crippen LogP contribution in [-0.4, -0.2) is 34.3 Å². The van der Waals surface area contributed by atoms with Gasteiger partial charge in [0.15, 0.2) is 0 Å². The van der Waals surface area contributed by atoms with Gasteiger partial charge in [-0.15, -0.1) is 11.6 Å². The van der Waals surface area contributed by atoms with Gasteiger partial charge in [-0.1, -0.05) is 0 Å². The maximum Gasteiger partial charge on any atom is 0.255 e. The van der Waals surface area contributed by atoms with E-state index in [0.717, 1.165) is 0 Å². The first-order valence-corrected chi connectivity index (χ1v) is 5.47. The van der Waals surface area contributed by atoms with Gasteiger partial charge >= 0.3 is 0 Å². The Kier molecular flexibility index (Phi) is 4.56. The van der Waals surface area contributed by atoms with Gasteiger partial charge in [-0.05, 0) is 26.0 Å². The minimum absolute atomic E-state index is 0.0150. The molecule has 0 atom stereocenters. The quantitative estimate of drug-likeness (QED) is 0.738. The molecule has 3 nitrogen and oxygen atoms in total. The van der Waals surface area contributed by atoms with Crippen molar-refractivity contribution in [3.05, 3.63) is 30.1 Å². The predicted octanol–water partition coefficient (Wildman–Crippen LogP) is 2.17. The van der Waals surface area contributed by atoms with E-state index in [4.69, 9.17) is 11.6 Å². The molecule has 0 radical (unpaired) electrons. The SMILES string of the molecule is CC(C)N(CCCl)C(=O)c1cccnc1. The van der Waals surface area contributed by atoms with Crippen molar-refractivity contribution >= 4 is 17.5 Å². The third-order valence-corrected chi connectivity index (χ3v) is 2.29. The first-order valence-electron chi connectivity index (χ1n) is 4.93. The van der Waals surface area contributed by atoms with Crippen LogP contribution in [0.15, 0.2) is 24.5 Å². The summed E-state index contributed by atoms with van der Waals surface area (Å²) in [5.74, 6) is 0.434. The molecule has 0 aliphatic heterocycles. The van der Waals surface area contributed by atoms with Crippen molar-refractivity contribution in [2.45, 2.75) is 19.9 Å². The summed E-state index contributed by atoms with van der Waals surface area (Å²) in [6.07, 6.45) is 3.23. The van der Waals surface area contributed by atoms with Crippen LogP contribution in [0.3, 0.4) is 0 Å². The van der Waals surface area contributed by atoms with E-state index in [9.17, 15) is 4.79 Å². The molecule has 0 saturated carbocycles. The zero-order chi connectivity index (χ0) is 11.3. The number of alkyl halides is 1. The van der Waals surface area contributed by atoms with Gasteiger partial charge in [0, 0.05) is 30.9 Å². The number of amides is 1. The summed E-state index contributed by atoms with van der Waals surface area (Å²) in [6.45, 7) is 4.51. The van der Waals surface area contributed by atoms with E-state index in [2.05, 4.69) is 4.98 Å². The van der Waals surface area contributed by atoms with Crippen LogP contribution in [0.4, 0.5) is 0 Å². The van der Waals surface area contributed by atoms with Crippen LogP contribution >= 0.6 is 11.6 Å². The fraction of sp³-hybridized carbons (Fsp3) is 0.455. The molecule has 0 saturated heterocycles. The van der Waals surface area contributed by atoms with Gasteiger partial charge in [-0.3, -0.25) is 9.78 Å². The summed E-state index contributed by atoms with van der Waals surface area (Å²) in [5.41, 5.74) is 0.608. The molecule has 82 valence electrons. The van der Waals surface area contributed by atoms with Gasteiger partial charge in [-0.25, -0.2) is 0 Å². The molecule has 0 bridgehead atoms. The van der Waals surface area contributed by atoms with Crippen molar-refractivity contribution in [3.8, 4) is 0 Å². The third kappa shape index (κ3) is 3.20. The van der Waals surface area contributed by atoms with Crippen molar-refractivity contribution in [1.29, 1.82) is 0 Å². The molecule has 0 aliphatic rings. The molecule has 1 aromatic rings. The highest BCUT2D eigenvalue weighted by Gasteiger charge is 2.17. The molecule has 0 N–H and O–H groups in total. The van der Waals surface area contributed by atoms with E-state index in [1.54, 1.807) is 29.4 Å². The Labute approximate surface area is 95.1 Å². The summed E-state index contributed by atoms with van der Waals surface area (Å²) in [6, 6.07) is 3.67. The maximum atomic E-state index is 12.0. The minimum Gasteiger partial charge on any atom is -0.335 e. The molecule has 0 aliphatic carbocycles. The number of pyridine rings is 1. The molecule has 0 aromatic carbocycles. The lowest BCUT2D eigenvalue weighted by Gasteiger charge is -2.25. The topological polar surface area (TPSA) is 33.2 Å². The standard InChI is InChI=1S/C11H15ClN2O/c1-9(2)14(7-5-12)11(15)10-4-3-6-13-8-10/h3-4,6,8-9H,5,7H2,1-2H3. The Morgan fingerprint density at radius 1 is 1.60 bits per heavy atom. The first-order chi connectivity index (χ1) is 7.16. The number of aromatic nitrogens is 1. The lowest BCUT2D eigenvalue weighted by atomic mass is 10.2. The van der Waals surface area contributed by atoms with E-state index in [1.165, 1.54) is 0 Å². The number of halogens is 1. The molecule has 1 aromatic heterocycles. The van der Waals surface area contributed by atoms with E-state index in [1.807, 2.05) is 13.8 Å². The minimum atomic E-state index is -0.0150. The van der Waals surface area contributed by atoms with Crippen LogP contribution in [0.1, 0.15) is 24.2 Å². The van der Waals surface area contributed by atoms with Gasteiger partial charge in [0.1, 0.15) is 0 Å². The molecule has 15 heavy (non-hydrogen) atoms. The van der Waals surface area contributed by atoms with Crippen LogP contribution in [0.2, 0.25) is 0 Å². The number of carbonyl (C=O) groups is 1. The van der Waals surface area contributed by atoms with Crippen molar-refractivity contribution in [3.63, 3.8) is 0 Å². The summed E-state index contributed by atoms with van der Waals surface area (Å²) in [4.78, 5) is 17.7. The summed E-state index contributed by atoms with van der Waals surface area (Å²) in [5, 5.41) is 0. The maximum absolute atomic E-state index is 12.0. The van der Waals surface area contributed by atoms with Crippen LogP contribution < -0.4 is 0 Å². The first kappa shape index (κ1) is 12.0. The summed E-state index contributed by atoms with van der Waals surface area (Å²) in [7, 11) is 0. The normalized spacial score (nSPS) is 10.4. The number of hydrogen-bond donors (Lipinski definition) is 0. The second-order valence-corrected chi connectivity index (χ2v) is 3.90. The average molecular weight is 227 g/mol. The lowest BCUT2D eigenvalue weighted by Crippen LogP contribution is -2.38. The smallest absolute Gasteiger partial charge is 0.255 e. The van der Waals surface area contributed by atoms with Crippen molar-refractivity contribution in [1.82, 2.24) is 9.88 Å². The summed E-state index contributed by atoms with van der Waals surface area (Å²) < 4.78 is 0. The molecule has 1 heterocycles. The van der Waals surface area contributed by atoms with Crippen molar-refractivity contribution in [2.24, 2.45) is 0 Å². The number of hydrogen-bond acceptors (Lipinski definition) is 2. The highest BCUT2D eigenvalue weighted by atomic mass is 35.5. The fourth-order valence-corrected chi connectivity index (χ4v) is 1.52. The largest absolute Gasteiger partial charge is 0.335 e. The van der Waals surface area contributed by atoms with E-state index >= 15 is 0 Å². The van der Waals surface area contributed by atoms with Crippen LogP contribution in [0.25, 0.3) is 0 Å². The highest BCUT2D eigenvalue weighted by molar-refractivity contribution is 6.18. The molecule has 0 spiro atoms. The Hall–Kier alpha value is -1.09. The predicted molar refractivity (Wildman–Crippen MR) is 61.1 cm³/mol. The monoisotopic (exact) mass is 226 g/mol. The van der Waals surface area contributed by atoms with Crippen molar-refractivity contribution in [2.75, 3.05) is 12.4 Å². The molecule has 0 fully saturated rings. The average Bonchev–Trinajstić information content (AvgIpc) is 2.26. The second-order valence-electron chi connectivity index (χ2n) is 3.52. The molecular formula is C11H15ClN2O. The summed E-state index contributed by atoms with van der Waals surface area (Å²) >= 11 is 5.66. The number of carbonyl (C=O) groups excluding carboxylic acids is 1. The zero-order valence-corrected chi connectivity index (χ0v) is 9.74. The number of nitrogens with zero attached hydrogens (tertiary/aromatic N) is 2. The molecule has 4 heteroatoms. The zero-order valence-electron chi connectivity index (χ0n) is 8.98. The van der Waals surface area contributed by atoms with Crippen LogP contribution in [0, 0.1) is 0 Å². The van der Waals surface area contributed by atoms with Gasteiger partial charge in [-0.2, -0.15) is 0 Å². The Balaban J connectivity index is 2.81. The molecule has 1 amide bonds. The van der Waals surface area contributed by atoms with Gasteiger partial charge in [0.25, 0.3) is 5.91 Å². The van der Waals surface area contributed by atoms with E-state index in [-0.39, 0.29) is 11.9 Å². The van der Waals surface area contributed by atoms with Crippen molar-refractivity contribution < 1.29 is 4.79 Å². The Bertz CT molecular complexity index is 314. The number of rotatable bonds is 4. The Morgan fingerprint density at radius 2 is 2.33 bits per heavy atom. The Morgan fingerprint density at radius 3 is 2.80 bits per heavy atom. The van der Waals surface area contributed by atoms with E-state index < -0.39 is 0 Å². The second kappa shape index (κ2) is 5.71. The highest BCUT2D eigenvalue weighted by Crippen LogP contribution is 2.07. The van der Waals surface area contributed by atoms with Gasteiger partial charge < -0.3 is 4.90 Å². The fourth-order valence-electron chi connectivity index (χ4n) is 1.34. The molecule has 0 unspecified atom stereocenters. The van der Waals surface area contributed by atoms with Gasteiger partial charge in [0.2, 0.25) is 0 Å². The molecular weight excluding hydrogens is 212 g/mol. The van der Waals surface area contributed by atoms with Gasteiger partial charge in [0.05, 0.1) is 5.56 Å². The van der Waals surface area contributed by atoms with E-state index in [0.29, 0.717) is 18.0 Å². The van der Waals surface area contributed by atoms with Crippen LogP contribution in [-0.2, 0) is 0 Å². The lowest BCUT2D eigenvalue weighted by molar-refractivity contribution is 0.0718. The molecule has 1 rings (SSSR count). The van der Waals surface area contributed by atoms with Crippen LogP contribution in [0.5, 0.6) is 0 Å². The third-order valence-electron chi connectivity index (χ3n) is 2.12.